The smallest absolute Gasteiger partial charge is 0.0782 e. The molecule has 0 aromatic heterocycles. The standard InChI is InChI=1S/C37H70N.ClH/c1-4-5-6-7-8-9-10-15-18-21-24-30-35-38(2,3)36-31-25-22-19-16-13-11-12-14-17-20-23-27-32-37-33-28-26-29-34-37;/h26,28-29,33-34H,4-25,27,30-32,35-36H2,1-3H3;1H/q+1;/p-1. The van der Waals surface area contributed by atoms with Crippen LogP contribution in [0.1, 0.15) is 173 Å². The molecule has 0 unspecified atom stereocenters. The summed E-state index contributed by atoms with van der Waals surface area (Å²) in [7, 11) is 4.92. The Hall–Kier alpha value is -0.530. The van der Waals surface area contributed by atoms with E-state index >= 15 is 0 Å². The van der Waals surface area contributed by atoms with Crippen LogP contribution in [0.25, 0.3) is 0 Å². The second-order valence-corrected chi connectivity index (χ2v) is 13.1. The lowest BCUT2D eigenvalue weighted by molar-refractivity contribution is -0.890. The fourth-order valence-electron chi connectivity index (χ4n) is 5.95. The molecule has 39 heavy (non-hydrogen) atoms. The minimum Gasteiger partial charge on any atom is -1.00 e. The molecule has 2 heteroatoms. The van der Waals surface area contributed by atoms with Gasteiger partial charge in [-0.25, -0.2) is 0 Å². The highest BCUT2D eigenvalue weighted by atomic mass is 35.5. The molecule has 1 aromatic rings. The summed E-state index contributed by atoms with van der Waals surface area (Å²) in [5.74, 6) is 0. The predicted molar refractivity (Wildman–Crippen MR) is 173 cm³/mol. The van der Waals surface area contributed by atoms with Gasteiger partial charge >= 0.3 is 0 Å². The molecule has 0 saturated carbocycles. The van der Waals surface area contributed by atoms with E-state index in [9.17, 15) is 0 Å². The Balaban J connectivity index is 0.0000144. The zero-order chi connectivity index (χ0) is 27.4. The Morgan fingerprint density at radius 3 is 1.08 bits per heavy atom. The number of hydrogen-bond acceptors (Lipinski definition) is 0. The number of quaternary nitrogens is 1. The number of aryl methyl sites for hydroxylation is 1. The summed E-state index contributed by atoms with van der Waals surface area (Å²) in [6.45, 7) is 5.06. The van der Waals surface area contributed by atoms with E-state index in [1.807, 2.05) is 0 Å². The van der Waals surface area contributed by atoms with Crippen LogP contribution in [-0.4, -0.2) is 31.7 Å². The highest BCUT2D eigenvalue weighted by molar-refractivity contribution is 5.14. The van der Waals surface area contributed by atoms with Gasteiger partial charge in [0.05, 0.1) is 27.2 Å². The average molecular weight is 564 g/mol. The fourth-order valence-corrected chi connectivity index (χ4v) is 5.95. The molecule has 0 atom stereocenters. The molecule has 0 spiro atoms. The monoisotopic (exact) mass is 564 g/mol. The van der Waals surface area contributed by atoms with Crippen molar-refractivity contribution in [2.45, 2.75) is 174 Å². The summed E-state index contributed by atoms with van der Waals surface area (Å²) in [5.41, 5.74) is 1.50. The highest BCUT2D eigenvalue weighted by Crippen LogP contribution is 2.16. The van der Waals surface area contributed by atoms with E-state index in [0.717, 1.165) is 0 Å². The van der Waals surface area contributed by atoms with Crippen molar-refractivity contribution in [2.24, 2.45) is 0 Å². The largest absolute Gasteiger partial charge is 1.00 e. The van der Waals surface area contributed by atoms with E-state index < -0.39 is 0 Å². The third-order valence-corrected chi connectivity index (χ3v) is 8.69. The SMILES string of the molecule is CCCCCCCCCCCCCC[N+](C)(C)CCCCCCCCCCCCCCCc1ccccc1.[Cl-]. The van der Waals surface area contributed by atoms with Gasteiger partial charge in [0, 0.05) is 0 Å². The second-order valence-electron chi connectivity index (χ2n) is 13.1. The van der Waals surface area contributed by atoms with E-state index in [-0.39, 0.29) is 12.4 Å². The molecule has 0 aliphatic heterocycles. The molecule has 0 radical (unpaired) electrons. The van der Waals surface area contributed by atoms with Gasteiger partial charge in [-0.2, -0.15) is 0 Å². The molecule has 0 amide bonds. The first kappa shape index (κ1) is 38.5. The lowest BCUT2D eigenvalue weighted by atomic mass is 10.0. The highest BCUT2D eigenvalue weighted by Gasteiger charge is 2.13. The van der Waals surface area contributed by atoms with Crippen molar-refractivity contribution < 1.29 is 16.9 Å². The van der Waals surface area contributed by atoms with Gasteiger partial charge in [0.15, 0.2) is 0 Å². The first-order valence-electron chi connectivity index (χ1n) is 17.5. The maximum absolute atomic E-state index is 2.46. The molecule has 230 valence electrons. The number of hydrogen-bond donors (Lipinski definition) is 0. The zero-order valence-electron chi connectivity index (χ0n) is 27.0. The van der Waals surface area contributed by atoms with Crippen LogP contribution in [0, 0.1) is 0 Å². The predicted octanol–water partition coefficient (Wildman–Crippen LogP) is 9.08. The molecule has 0 fully saturated rings. The van der Waals surface area contributed by atoms with Crippen molar-refractivity contribution in [1.29, 1.82) is 0 Å². The van der Waals surface area contributed by atoms with Crippen molar-refractivity contribution in [3.63, 3.8) is 0 Å². The topological polar surface area (TPSA) is 0 Å². The third-order valence-electron chi connectivity index (χ3n) is 8.69. The maximum Gasteiger partial charge on any atom is 0.0782 e. The number of nitrogens with zero attached hydrogens (tertiary/aromatic N) is 1. The summed E-state index contributed by atoms with van der Waals surface area (Å²) in [5, 5.41) is 0. The van der Waals surface area contributed by atoms with Gasteiger partial charge in [-0.05, 0) is 44.1 Å². The van der Waals surface area contributed by atoms with Crippen molar-refractivity contribution in [3.8, 4) is 0 Å². The van der Waals surface area contributed by atoms with E-state index in [2.05, 4.69) is 51.4 Å². The molecule has 1 nitrogen and oxygen atoms in total. The Labute approximate surface area is 253 Å². The van der Waals surface area contributed by atoms with Gasteiger partial charge in [0.25, 0.3) is 0 Å². The normalized spacial score (nSPS) is 11.6. The van der Waals surface area contributed by atoms with Crippen molar-refractivity contribution in [3.05, 3.63) is 35.9 Å². The van der Waals surface area contributed by atoms with Gasteiger partial charge in [0.2, 0.25) is 0 Å². The fraction of sp³-hybridized carbons (Fsp3) is 0.838. The van der Waals surface area contributed by atoms with E-state index in [1.165, 1.54) is 190 Å². The lowest BCUT2D eigenvalue weighted by Crippen LogP contribution is -3.00. The van der Waals surface area contributed by atoms with Crippen molar-refractivity contribution in [2.75, 3.05) is 27.2 Å². The van der Waals surface area contributed by atoms with Crippen LogP contribution in [0.5, 0.6) is 0 Å². The first-order valence-corrected chi connectivity index (χ1v) is 17.5. The Morgan fingerprint density at radius 2 is 0.718 bits per heavy atom. The molecule has 0 N–H and O–H groups in total. The summed E-state index contributed by atoms with van der Waals surface area (Å²) < 4.78 is 1.24. The van der Waals surface area contributed by atoms with Gasteiger partial charge in [-0.1, -0.05) is 166 Å². The van der Waals surface area contributed by atoms with Gasteiger partial charge in [0.1, 0.15) is 0 Å². The minimum absolute atomic E-state index is 0. The molecule has 1 aromatic carbocycles. The summed E-state index contributed by atoms with van der Waals surface area (Å²) in [4.78, 5) is 0. The van der Waals surface area contributed by atoms with Crippen LogP contribution in [-0.2, 0) is 6.42 Å². The van der Waals surface area contributed by atoms with E-state index in [1.54, 1.807) is 0 Å². The van der Waals surface area contributed by atoms with Gasteiger partial charge < -0.3 is 16.9 Å². The van der Waals surface area contributed by atoms with Crippen LogP contribution < -0.4 is 12.4 Å². The molecule has 0 aliphatic carbocycles. The molecule has 0 heterocycles. The Kier molecular flexibility index (Phi) is 28.6. The van der Waals surface area contributed by atoms with Crippen LogP contribution >= 0.6 is 0 Å². The lowest BCUT2D eigenvalue weighted by Gasteiger charge is -2.30. The molecule has 0 saturated heterocycles. The van der Waals surface area contributed by atoms with Crippen LogP contribution in [0.4, 0.5) is 0 Å². The van der Waals surface area contributed by atoms with E-state index in [4.69, 9.17) is 0 Å². The van der Waals surface area contributed by atoms with Gasteiger partial charge in [-0.15, -0.1) is 0 Å². The number of rotatable bonds is 29. The van der Waals surface area contributed by atoms with E-state index in [0.29, 0.717) is 0 Å². The number of halogens is 1. The van der Waals surface area contributed by atoms with Crippen LogP contribution in [0.2, 0.25) is 0 Å². The Morgan fingerprint density at radius 1 is 0.410 bits per heavy atom. The number of unbranched alkanes of at least 4 members (excludes halogenated alkanes) is 23. The Bertz CT molecular complexity index is 584. The van der Waals surface area contributed by atoms with Gasteiger partial charge in [-0.3, -0.25) is 0 Å². The van der Waals surface area contributed by atoms with Crippen molar-refractivity contribution >= 4 is 0 Å². The van der Waals surface area contributed by atoms with Crippen LogP contribution in [0.15, 0.2) is 30.3 Å². The average Bonchev–Trinajstić information content (AvgIpc) is 2.92. The second kappa shape index (κ2) is 29.0. The zero-order valence-corrected chi connectivity index (χ0v) is 27.8. The molecule has 1 rings (SSSR count). The van der Waals surface area contributed by atoms with Crippen LogP contribution in [0.3, 0.4) is 0 Å². The first-order chi connectivity index (χ1) is 18.6. The minimum atomic E-state index is 0. The molecular formula is C37H70ClN. The summed E-state index contributed by atoms with van der Waals surface area (Å²) in [6, 6.07) is 11.0. The summed E-state index contributed by atoms with van der Waals surface area (Å²) >= 11 is 0. The molecule has 0 aliphatic rings. The van der Waals surface area contributed by atoms with Crippen molar-refractivity contribution in [1.82, 2.24) is 0 Å². The molecular weight excluding hydrogens is 494 g/mol. The summed E-state index contributed by atoms with van der Waals surface area (Å²) in [6.07, 6.45) is 37.5. The quantitative estimate of drug-likeness (QED) is 0.0673. The number of benzene rings is 1. The molecule has 0 bridgehead atoms. The maximum atomic E-state index is 2.46. The third kappa shape index (κ3) is 27.4.